The lowest BCUT2D eigenvalue weighted by Gasteiger charge is -2.04. The van der Waals surface area contributed by atoms with Gasteiger partial charge in [-0.15, -0.1) is 0 Å². The molecule has 0 aliphatic rings. The van der Waals surface area contributed by atoms with Gasteiger partial charge in [0.05, 0.1) is 12.5 Å². The molecular formula is C8H17N5O2. The van der Waals surface area contributed by atoms with Crippen molar-refractivity contribution in [3.05, 3.63) is 0 Å². The van der Waals surface area contributed by atoms with Crippen LogP contribution in [0.1, 0.15) is 13.8 Å². The summed E-state index contributed by atoms with van der Waals surface area (Å²) in [6, 6.07) is 0. The molecule has 0 fully saturated rings. The van der Waals surface area contributed by atoms with Gasteiger partial charge in [0.2, 0.25) is 5.96 Å². The van der Waals surface area contributed by atoms with E-state index >= 15 is 0 Å². The Balaban J connectivity index is 3.80. The number of rotatable bonds is 4. The molecule has 7 heteroatoms. The summed E-state index contributed by atoms with van der Waals surface area (Å²) in [6.45, 7) is 3.90. The lowest BCUT2D eigenvalue weighted by Crippen LogP contribution is -2.26. The van der Waals surface area contributed by atoms with Crippen molar-refractivity contribution >= 4 is 17.9 Å². The van der Waals surface area contributed by atoms with Crippen molar-refractivity contribution in [2.45, 2.75) is 13.8 Å². The van der Waals surface area contributed by atoms with Crippen LogP contribution in [0.5, 0.6) is 0 Å². The van der Waals surface area contributed by atoms with Crippen molar-refractivity contribution in [1.29, 1.82) is 0 Å². The maximum Gasteiger partial charge on any atom is 0.308 e. The molecule has 86 valence electrons. The van der Waals surface area contributed by atoms with Gasteiger partial charge in [-0.05, 0) is 0 Å². The zero-order valence-electron chi connectivity index (χ0n) is 8.93. The van der Waals surface area contributed by atoms with E-state index in [4.69, 9.17) is 21.9 Å². The minimum Gasteiger partial charge on any atom is -0.464 e. The van der Waals surface area contributed by atoms with Gasteiger partial charge in [-0.1, -0.05) is 13.8 Å². The van der Waals surface area contributed by atoms with Crippen LogP contribution in [0.2, 0.25) is 0 Å². The molecule has 7 nitrogen and oxygen atoms in total. The van der Waals surface area contributed by atoms with Crippen molar-refractivity contribution in [1.82, 2.24) is 0 Å². The molecule has 15 heavy (non-hydrogen) atoms. The van der Waals surface area contributed by atoms with Crippen LogP contribution >= 0.6 is 0 Å². The number of ether oxygens (including phenoxy) is 1. The van der Waals surface area contributed by atoms with Gasteiger partial charge < -0.3 is 21.9 Å². The lowest BCUT2D eigenvalue weighted by atomic mass is 10.2. The zero-order valence-corrected chi connectivity index (χ0v) is 8.93. The van der Waals surface area contributed by atoms with Gasteiger partial charge in [0.1, 0.15) is 6.61 Å². The van der Waals surface area contributed by atoms with Gasteiger partial charge in [0.25, 0.3) is 0 Å². The molecule has 0 rings (SSSR count). The molecule has 0 atom stereocenters. The molecule has 0 bridgehead atoms. The predicted molar refractivity (Wildman–Crippen MR) is 58.1 cm³/mol. The van der Waals surface area contributed by atoms with E-state index in [-0.39, 0.29) is 37.0 Å². The molecule has 6 N–H and O–H groups in total. The lowest BCUT2D eigenvalue weighted by molar-refractivity contribution is -0.146. The SMILES string of the molecule is CC(C)C(=O)OCCN=C(N)N=C(N)N. The highest BCUT2D eigenvalue weighted by Gasteiger charge is 2.06. The first-order valence-electron chi connectivity index (χ1n) is 4.49. The molecule has 0 saturated carbocycles. The van der Waals surface area contributed by atoms with Crippen LogP contribution in [0.4, 0.5) is 0 Å². The Morgan fingerprint density at radius 3 is 2.40 bits per heavy atom. The molecule has 0 aliphatic heterocycles. The van der Waals surface area contributed by atoms with Crippen LogP contribution in [0.25, 0.3) is 0 Å². The Kier molecular flexibility index (Phi) is 5.84. The number of nitrogens with zero attached hydrogens (tertiary/aromatic N) is 2. The van der Waals surface area contributed by atoms with Gasteiger partial charge in [-0.3, -0.25) is 4.79 Å². The molecule has 0 aromatic carbocycles. The number of hydrogen-bond acceptors (Lipinski definition) is 3. The molecule has 0 saturated heterocycles. The summed E-state index contributed by atoms with van der Waals surface area (Å²) in [5.74, 6) is -0.610. The van der Waals surface area contributed by atoms with Crippen molar-refractivity contribution in [3.63, 3.8) is 0 Å². The molecule has 0 aromatic heterocycles. The number of hydrogen-bond donors (Lipinski definition) is 3. The van der Waals surface area contributed by atoms with E-state index in [2.05, 4.69) is 9.98 Å². The fourth-order valence-corrected chi connectivity index (χ4v) is 0.641. The number of esters is 1. The van der Waals surface area contributed by atoms with E-state index in [0.29, 0.717) is 0 Å². The van der Waals surface area contributed by atoms with Crippen LogP contribution in [-0.4, -0.2) is 31.0 Å². The summed E-state index contributed by atoms with van der Waals surface area (Å²) in [5, 5.41) is 0. The fraction of sp³-hybridized carbons (Fsp3) is 0.625. The average molecular weight is 215 g/mol. The highest BCUT2D eigenvalue weighted by Crippen LogP contribution is 1.94. The smallest absolute Gasteiger partial charge is 0.308 e. The topological polar surface area (TPSA) is 129 Å². The maximum absolute atomic E-state index is 11.0. The van der Waals surface area contributed by atoms with Gasteiger partial charge in [0.15, 0.2) is 5.96 Å². The van der Waals surface area contributed by atoms with E-state index in [1.807, 2.05) is 0 Å². The van der Waals surface area contributed by atoms with Crippen LogP contribution in [0.3, 0.4) is 0 Å². The standard InChI is InChI=1S/C8H17N5O2/c1-5(2)6(14)15-4-3-12-8(11)13-7(9)10/h5H,3-4H2,1-2H3,(H6,9,10,11,12,13). The minimum absolute atomic E-state index is 0.0319. The quantitative estimate of drug-likeness (QED) is 0.234. The Morgan fingerprint density at radius 1 is 1.33 bits per heavy atom. The van der Waals surface area contributed by atoms with Gasteiger partial charge in [-0.2, -0.15) is 4.99 Å². The van der Waals surface area contributed by atoms with Crippen LogP contribution < -0.4 is 17.2 Å². The third kappa shape index (κ3) is 7.29. The Bertz CT molecular complexity index is 268. The summed E-state index contributed by atoms with van der Waals surface area (Å²) < 4.78 is 4.85. The Morgan fingerprint density at radius 2 is 1.93 bits per heavy atom. The zero-order chi connectivity index (χ0) is 11.8. The highest BCUT2D eigenvalue weighted by molar-refractivity contribution is 5.92. The normalized spacial score (nSPS) is 11.3. The number of guanidine groups is 2. The molecule has 0 aliphatic carbocycles. The number of carbonyl (C=O) groups is 1. The van der Waals surface area contributed by atoms with E-state index < -0.39 is 0 Å². The number of aliphatic imine (C=N–C) groups is 2. The second kappa shape index (κ2) is 6.63. The van der Waals surface area contributed by atoms with Crippen molar-refractivity contribution < 1.29 is 9.53 Å². The van der Waals surface area contributed by atoms with Crippen LogP contribution in [0.15, 0.2) is 9.98 Å². The predicted octanol–water partition coefficient (Wildman–Crippen LogP) is -1.23. The largest absolute Gasteiger partial charge is 0.464 e. The van der Waals surface area contributed by atoms with Gasteiger partial charge in [-0.25, -0.2) is 4.99 Å². The van der Waals surface area contributed by atoms with E-state index in [0.717, 1.165) is 0 Å². The van der Waals surface area contributed by atoms with Crippen molar-refractivity contribution in [3.8, 4) is 0 Å². The van der Waals surface area contributed by atoms with E-state index in [1.54, 1.807) is 13.8 Å². The second-order valence-corrected chi connectivity index (χ2v) is 3.10. The monoisotopic (exact) mass is 215 g/mol. The second-order valence-electron chi connectivity index (χ2n) is 3.10. The van der Waals surface area contributed by atoms with E-state index in [1.165, 1.54) is 0 Å². The highest BCUT2D eigenvalue weighted by atomic mass is 16.5. The average Bonchev–Trinajstić information content (AvgIpc) is 2.10. The minimum atomic E-state index is -0.273. The molecular weight excluding hydrogens is 198 g/mol. The summed E-state index contributed by atoms with van der Waals surface area (Å²) >= 11 is 0. The van der Waals surface area contributed by atoms with Gasteiger partial charge >= 0.3 is 5.97 Å². The van der Waals surface area contributed by atoms with Crippen LogP contribution in [-0.2, 0) is 9.53 Å². The number of carbonyl (C=O) groups excluding carboxylic acids is 1. The molecule has 0 aromatic rings. The van der Waals surface area contributed by atoms with Gasteiger partial charge in [0, 0.05) is 0 Å². The molecule has 0 radical (unpaired) electrons. The maximum atomic E-state index is 11.0. The van der Waals surface area contributed by atoms with Crippen molar-refractivity contribution in [2.24, 2.45) is 33.1 Å². The molecule has 0 unspecified atom stereocenters. The molecule has 0 amide bonds. The van der Waals surface area contributed by atoms with E-state index in [9.17, 15) is 4.79 Å². The summed E-state index contributed by atoms with van der Waals surface area (Å²) in [7, 11) is 0. The first-order chi connectivity index (χ1) is 6.93. The fourth-order valence-electron chi connectivity index (χ4n) is 0.641. The first-order valence-corrected chi connectivity index (χ1v) is 4.49. The summed E-state index contributed by atoms with van der Waals surface area (Å²) in [6.07, 6.45) is 0. The molecule has 0 spiro atoms. The third-order valence-electron chi connectivity index (χ3n) is 1.32. The summed E-state index contributed by atoms with van der Waals surface area (Å²) in [4.78, 5) is 18.2. The van der Waals surface area contributed by atoms with Crippen LogP contribution in [0, 0.1) is 5.92 Å². The van der Waals surface area contributed by atoms with Crippen molar-refractivity contribution in [2.75, 3.05) is 13.2 Å². The Hall–Kier alpha value is -1.79. The Labute approximate surface area is 88.4 Å². The third-order valence-corrected chi connectivity index (χ3v) is 1.32. The summed E-state index contributed by atoms with van der Waals surface area (Å²) in [5.41, 5.74) is 15.4. The molecule has 0 heterocycles. The first kappa shape index (κ1) is 13.2. The number of nitrogens with two attached hydrogens (primary N) is 3.